The van der Waals surface area contributed by atoms with Gasteiger partial charge in [-0.15, -0.1) is 13.0 Å². The van der Waals surface area contributed by atoms with E-state index in [1.54, 1.807) is 17.0 Å². The summed E-state index contributed by atoms with van der Waals surface area (Å²) in [6.07, 6.45) is 4.88. The maximum atomic E-state index is 13.5. The Morgan fingerprint density at radius 2 is 2.10 bits per heavy atom. The lowest BCUT2D eigenvalue weighted by Crippen LogP contribution is -2.37. The van der Waals surface area contributed by atoms with E-state index in [1.807, 2.05) is 0 Å². The molecule has 2 aliphatic rings. The van der Waals surface area contributed by atoms with Crippen molar-refractivity contribution in [1.29, 1.82) is 0 Å². The highest BCUT2D eigenvalue weighted by Crippen LogP contribution is 2.45. The number of rotatable bonds is 7. The van der Waals surface area contributed by atoms with Crippen LogP contribution in [0.15, 0.2) is 41.7 Å². The van der Waals surface area contributed by atoms with Crippen molar-refractivity contribution in [1.82, 2.24) is 20.1 Å². The van der Waals surface area contributed by atoms with Gasteiger partial charge in [-0.3, -0.25) is 14.6 Å². The number of anilines is 2. The fourth-order valence-corrected chi connectivity index (χ4v) is 5.47. The van der Waals surface area contributed by atoms with Crippen LogP contribution >= 0.6 is 0 Å². The highest BCUT2D eigenvalue weighted by atomic mass is 19.4. The summed E-state index contributed by atoms with van der Waals surface area (Å²) in [6.45, 7) is 5.55. The number of hydrogen-bond donors (Lipinski definition) is 3. The van der Waals surface area contributed by atoms with Gasteiger partial charge in [0.25, 0.3) is 5.56 Å². The molecule has 2 fully saturated rings. The number of aromatic nitrogens is 3. The van der Waals surface area contributed by atoms with Gasteiger partial charge in [-0.2, -0.15) is 18.3 Å². The van der Waals surface area contributed by atoms with Crippen LogP contribution in [0.2, 0.25) is 0 Å². The lowest BCUT2D eigenvalue weighted by molar-refractivity contribution is -0.137. The molecule has 0 spiro atoms. The Bertz CT molecular complexity index is 1640. The molecule has 12 heteroatoms. The summed E-state index contributed by atoms with van der Waals surface area (Å²) in [7, 11) is 1.54. The molecular weight excluding hydrogens is 537 g/mol. The molecule has 1 unspecified atom stereocenters. The number of halogens is 3. The number of pyridine rings is 1. The van der Waals surface area contributed by atoms with Gasteiger partial charge in [-0.25, -0.2) is 5.10 Å². The molecular formula is C29H29F3N6O3. The molecule has 1 amide bonds. The van der Waals surface area contributed by atoms with Crippen molar-refractivity contribution in [3.63, 3.8) is 0 Å². The van der Waals surface area contributed by atoms with Crippen molar-refractivity contribution in [3.8, 4) is 12.3 Å². The molecule has 0 bridgehead atoms. The number of nitrogen functional groups attached to an aromatic ring is 1. The smallest absolute Gasteiger partial charge is 0.399 e. The number of hydrogen-bond acceptors (Lipinski definition) is 7. The molecule has 1 aliphatic heterocycles. The van der Waals surface area contributed by atoms with Crippen molar-refractivity contribution >= 4 is 28.2 Å². The first kappa shape index (κ1) is 28.2. The highest BCUT2D eigenvalue weighted by molar-refractivity contribution is 5.93. The summed E-state index contributed by atoms with van der Waals surface area (Å²) in [5.41, 5.74) is 4.45. The Balaban J connectivity index is 1.66. The van der Waals surface area contributed by atoms with Gasteiger partial charge in [0.15, 0.2) is 5.82 Å². The summed E-state index contributed by atoms with van der Waals surface area (Å²) in [5, 5.41) is 10.3. The Morgan fingerprint density at radius 3 is 2.66 bits per heavy atom. The van der Waals surface area contributed by atoms with Gasteiger partial charge in [-0.1, -0.05) is 12.0 Å². The number of alkyl halides is 3. The summed E-state index contributed by atoms with van der Waals surface area (Å²) in [5.74, 6) is 2.50. The third-order valence-corrected chi connectivity index (χ3v) is 7.75. The molecule has 2 aromatic heterocycles. The number of nitrogens with zero attached hydrogens (tertiary/aromatic N) is 3. The Hall–Kier alpha value is -4.37. The predicted molar refractivity (Wildman–Crippen MR) is 148 cm³/mol. The largest absolute Gasteiger partial charge is 0.416 e. The summed E-state index contributed by atoms with van der Waals surface area (Å²) < 4.78 is 46.5. The van der Waals surface area contributed by atoms with Gasteiger partial charge in [0.1, 0.15) is 11.6 Å². The number of ether oxygens (including phenoxy) is 1. The molecule has 9 nitrogen and oxygen atoms in total. The van der Waals surface area contributed by atoms with Gasteiger partial charge in [0, 0.05) is 37.4 Å². The third kappa shape index (κ3) is 5.13. The molecule has 41 heavy (non-hydrogen) atoms. The first-order valence-corrected chi connectivity index (χ1v) is 13.0. The minimum atomic E-state index is -4.63. The Kier molecular flexibility index (Phi) is 7.03. The van der Waals surface area contributed by atoms with Crippen molar-refractivity contribution in [2.45, 2.75) is 56.0 Å². The number of benzene rings is 1. The van der Waals surface area contributed by atoms with Gasteiger partial charge in [0.05, 0.1) is 34.9 Å². The normalized spacial score (nSPS) is 21.5. The molecule has 0 radical (unpaired) electrons. The molecule has 5 rings (SSSR count). The van der Waals surface area contributed by atoms with E-state index in [4.69, 9.17) is 21.9 Å². The second kappa shape index (κ2) is 10.2. The number of nitrogens with two attached hydrogens (primary N) is 1. The second-order valence-corrected chi connectivity index (χ2v) is 10.5. The Morgan fingerprint density at radius 1 is 1.37 bits per heavy atom. The average molecular weight is 567 g/mol. The molecule has 4 N–H and O–H groups in total. The van der Waals surface area contributed by atoms with Crippen LogP contribution in [0.1, 0.15) is 60.7 Å². The van der Waals surface area contributed by atoms with Crippen molar-refractivity contribution in [3.05, 3.63) is 69.8 Å². The number of carbonyl (C=O) groups is 1. The quantitative estimate of drug-likeness (QED) is 0.222. The van der Waals surface area contributed by atoms with Crippen molar-refractivity contribution < 1.29 is 22.7 Å². The van der Waals surface area contributed by atoms with E-state index in [9.17, 15) is 22.8 Å². The maximum absolute atomic E-state index is 13.5. The van der Waals surface area contributed by atoms with E-state index in [2.05, 4.69) is 28.0 Å². The summed E-state index contributed by atoms with van der Waals surface area (Å²) >= 11 is 0. The topological polar surface area (TPSA) is 126 Å². The number of methoxy groups -OCH3 is 1. The zero-order chi connectivity index (χ0) is 29.7. The average Bonchev–Trinajstić information content (AvgIpc) is 3.70. The van der Waals surface area contributed by atoms with E-state index in [1.165, 1.54) is 20.1 Å². The fraction of sp³-hybridized carbons (Fsp3) is 0.379. The van der Waals surface area contributed by atoms with E-state index < -0.39 is 28.9 Å². The molecule has 1 saturated heterocycles. The van der Waals surface area contributed by atoms with Crippen molar-refractivity contribution in [2.24, 2.45) is 0 Å². The Labute approximate surface area is 234 Å². The zero-order valence-corrected chi connectivity index (χ0v) is 22.5. The SMILES string of the molecule is C#C[C@@H](Nc1n[nH]c(=O)c2c(C3CC3)nc(C3(OC)C[C@@H](C=C)N(C(C)=O)C3)cc12)c1cc(N)cc(C(F)(F)F)c1. The number of likely N-dealkylation sites (tertiary alicyclic amines) is 1. The minimum absolute atomic E-state index is 0.0370. The van der Waals surface area contributed by atoms with Crippen LogP contribution in [-0.4, -0.2) is 45.7 Å². The van der Waals surface area contributed by atoms with E-state index in [0.717, 1.165) is 25.0 Å². The summed E-state index contributed by atoms with van der Waals surface area (Å²) in [6, 6.07) is 3.43. The van der Waals surface area contributed by atoms with Crippen LogP contribution in [0.25, 0.3) is 10.8 Å². The summed E-state index contributed by atoms with van der Waals surface area (Å²) in [4.78, 5) is 32.0. The number of amides is 1. The van der Waals surface area contributed by atoms with Gasteiger partial charge < -0.3 is 20.7 Å². The molecule has 1 aliphatic carbocycles. The molecule has 214 valence electrons. The van der Waals surface area contributed by atoms with Crippen LogP contribution in [0.5, 0.6) is 0 Å². The molecule has 3 aromatic rings. The predicted octanol–water partition coefficient (Wildman–Crippen LogP) is 4.23. The highest BCUT2D eigenvalue weighted by Gasteiger charge is 2.47. The number of carbonyl (C=O) groups excluding carboxylic acids is 1. The van der Waals surface area contributed by atoms with Crippen LogP contribution in [-0.2, 0) is 21.3 Å². The molecule has 3 atom stereocenters. The fourth-order valence-electron chi connectivity index (χ4n) is 5.47. The van der Waals surface area contributed by atoms with E-state index in [-0.39, 0.29) is 41.5 Å². The number of nitrogens with one attached hydrogen (secondary N) is 2. The van der Waals surface area contributed by atoms with Crippen LogP contribution in [0.3, 0.4) is 0 Å². The monoisotopic (exact) mass is 566 g/mol. The molecule has 1 aromatic carbocycles. The second-order valence-electron chi connectivity index (χ2n) is 10.5. The number of terminal acetylenes is 1. The standard InChI is InChI=1S/C29H29F3N6O3/c1-5-20-13-28(41-4,14-38(20)15(3)39)23-12-21-24(25(35-23)16-7-8-16)27(40)37-36-26(21)34-22(6-2)17-9-18(29(30,31)32)11-19(33)10-17/h2,5,9-12,16,20,22H,1,7-8,13-14,33H2,3-4H3,(H,34,36)(H,37,40)/t20-,22-,28?/m1/s1. The van der Waals surface area contributed by atoms with Gasteiger partial charge in [-0.05, 0) is 42.7 Å². The zero-order valence-electron chi connectivity index (χ0n) is 22.5. The van der Waals surface area contributed by atoms with E-state index >= 15 is 0 Å². The minimum Gasteiger partial charge on any atom is -0.399 e. The van der Waals surface area contributed by atoms with Crippen LogP contribution < -0.4 is 16.6 Å². The van der Waals surface area contributed by atoms with Gasteiger partial charge >= 0.3 is 6.18 Å². The lowest BCUT2D eigenvalue weighted by Gasteiger charge is -2.28. The first-order chi connectivity index (χ1) is 19.4. The lowest BCUT2D eigenvalue weighted by atomic mass is 9.93. The van der Waals surface area contributed by atoms with Crippen LogP contribution in [0.4, 0.5) is 24.7 Å². The number of H-pyrrole nitrogens is 1. The van der Waals surface area contributed by atoms with Crippen LogP contribution in [0, 0.1) is 12.3 Å². The van der Waals surface area contributed by atoms with Crippen molar-refractivity contribution in [2.75, 3.05) is 24.7 Å². The molecule has 3 heterocycles. The van der Waals surface area contributed by atoms with Gasteiger partial charge in [0.2, 0.25) is 5.91 Å². The molecule has 1 saturated carbocycles. The third-order valence-electron chi connectivity index (χ3n) is 7.75. The number of fused-ring (bicyclic) bond motifs is 1. The van der Waals surface area contributed by atoms with E-state index in [0.29, 0.717) is 28.6 Å². The number of aromatic amines is 1. The maximum Gasteiger partial charge on any atom is 0.416 e. The first-order valence-electron chi connectivity index (χ1n) is 13.0.